The van der Waals surface area contributed by atoms with Gasteiger partial charge in [-0.05, 0) is 17.9 Å². The predicted molar refractivity (Wildman–Crippen MR) is 45.0 cm³/mol. The third-order valence-electron chi connectivity index (χ3n) is 1.29. The average molecular weight is 192 g/mol. The predicted octanol–water partition coefficient (Wildman–Crippen LogP) is 0.276. The van der Waals surface area contributed by atoms with Gasteiger partial charge in [-0.25, -0.2) is 4.84 Å². The minimum Gasteiger partial charge on any atom is -0.221 e. The third kappa shape index (κ3) is 1.92. The molecule has 1 N–H and O–H groups in total. The Kier molecular flexibility index (Phi) is 2.87. The van der Waals surface area contributed by atoms with Gasteiger partial charge in [0.2, 0.25) is 10.3 Å². The summed E-state index contributed by atoms with van der Waals surface area (Å²) in [5.74, 6) is 0. The smallest absolute Gasteiger partial charge is 0.219 e. The molecule has 0 bridgehead atoms. The van der Waals surface area contributed by atoms with E-state index in [0.29, 0.717) is 0 Å². The Morgan fingerprint density at radius 3 is 2.64 bits per heavy atom. The summed E-state index contributed by atoms with van der Waals surface area (Å²) in [7, 11) is -2.20. The van der Waals surface area contributed by atoms with Gasteiger partial charge in [0.05, 0.1) is 10.9 Å². The standard InChI is InChI=1S/C6H6ClNO2S/c7-8-5-3-1-2-4-6(5)11(9)10/h1-5,8H. The molecule has 1 unspecified atom stereocenters. The molecule has 0 fully saturated rings. The number of hydrogen-bond acceptors (Lipinski definition) is 3. The molecule has 0 saturated carbocycles. The topological polar surface area (TPSA) is 46.2 Å². The first-order chi connectivity index (χ1) is 5.25. The lowest BCUT2D eigenvalue weighted by Crippen LogP contribution is -2.29. The van der Waals surface area contributed by atoms with Crippen LogP contribution < -0.4 is 4.84 Å². The normalized spacial score (nSPS) is 22.3. The molecule has 1 aliphatic rings. The highest BCUT2D eigenvalue weighted by Crippen LogP contribution is 2.00. The summed E-state index contributed by atoms with van der Waals surface area (Å²) in [5, 5.41) is 0. The highest BCUT2D eigenvalue weighted by atomic mass is 35.5. The van der Waals surface area contributed by atoms with Crippen LogP contribution in [0.5, 0.6) is 0 Å². The molecule has 11 heavy (non-hydrogen) atoms. The summed E-state index contributed by atoms with van der Waals surface area (Å²) < 4.78 is 21.0. The van der Waals surface area contributed by atoms with Crippen molar-refractivity contribution >= 4 is 26.9 Å². The van der Waals surface area contributed by atoms with E-state index in [9.17, 15) is 8.42 Å². The van der Waals surface area contributed by atoms with E-state index in [4.69, 9.17) is 11.8 Å². The lowest BCUT2D eigenvalue weighted by molar-refractivity contribution is 0.626. The molecule has 0 saturated heterocycles. The summed E-state index contributed by atoms with van der Waals surface area (Å²) in [4.78, 5) is 2.59. The van der Waals surface area contributed by atoms with E-state index in [1.165, 1.54) is 6.08 Å². The highest BCUT2D eigenvalue weighted by Gasteiger charge is 2.11. The second-order valence-electron chi connectivity index (χ2n) is 1.97. The van der Waals surface area contributed by atoms with Gasteiger partial charge in [0.25, 0.3) is 0 Å². The van der Waals surface area contributed by atoms with Gasteiger partial charge in [0.15, 0.2) is 0 Å². The van der Waals surface area contributed by atoms with Crippen LogP contribution >= 0.6 is 11.8 Å². The molecule has 1 rings (SSSR count). The van der Waals surface area contributed by atoms with Gasteiger partial charge in [-0.2, -0.15) is 8.42 Å². The van der Waals surface area contributed by atoms with Crippen LogP contribution in [-0.4, -0.2) is 19.3 Å². The first kappa shape index (κ1) is 8.52. The van der Waals surface area contributed by atoms with Crippen molar-refractivity contribution in [1.82, 2.24) is 4.84 Å². The largest absolute Gasteiger partial charge is 0.221 e. The van der Waals surface area contributed by atoms with E-state index in [1.807, 2.05) is 0 Å². The van der Waals surface area contributed by atoms with Gasteiger partial charge in [0.1, 0.15) is 0 Å². The zero-order valence-corrected chi connectivity index (χ0v) is 7.06. The molecule has 0 radical (unpaired) electrons. The minimum absolute atomic E-state index is 0.252. The number of nitrogens with one attached hydrogen (secondary N) is 1. The van der Waals surface area contributed by atoms with Crippen LogP contribution in [0, 0.1) is 0 Å². The van der Waals surface area contributed by atoms with Crippen molar-refractivity contribution in [2.45, 2.75) is 6.04 Å². The van der Waals surface area contributed by atoms with E-state index in [1.54, 1.807) is 18.2 Å². The van der Waals surface area contributed by atoms with Crippen molar-refractivity contribution in [2.24, 2.45) is 0 Å². The van der Waals surface area contributed by atoms with Crippen molar-refractivity contribution in [2.75, 3.05) is 0 Å². The van der Waals surface area contributed by atoms with Gasteiger partial charge in [0, 0.05) is 0 Å². The quantitative estimate of drug-likeness (QED) is 0.478. The molecule has 0 aromatic heterocycles. The second kappa shape index (κ2) is 3.71. The highest BCUT2D eigenvalue weighted by molar-refractivity contribution is 7.73. The molecular weight excluding hydrogens is 186 g/mol. The van der Waals surface area contributed by atoms with Crippen molar-refractivity contribution in [3.05, 3.63) is 24.3 Å². The Balaban J connectivity index is 3.08. The van der Waals surface area contributed by atoms with Crippen LogP contribution in [0.4, 0.5) is 0 Å². The summed E-state index contributed by atoms with van der Waals surface area (Å²) in [5.41, 5.74) is 0. The zero-order valence-electron chi connectivity index (χ0n) is 5.49. The summed E-state index contributed by atoms with van der Waals surface area (Å²) in [6.45, 7) is 0. The maximum absolute atomic E-state index is 10.5. The molecular formula is C6H6ClNO2S. The van der Waals surface area contributed by atoms with E-state index in [-0.39, 0.29) is 4.86 Å². The number of rotatable bonds is 1. The lowest BCUT2D eigenvalue weighted by Gasteiger charge is -2.09. The Morgan fingerprint density at radius 2 is 2.18 bits per heavy atom. The maximum atomic E-state index is 10.5. The van der Waals surface area contributed by atoms with Crippen LogP contribution in [0.3, 0.4) is 0 Å². The van der Waals surface area contributed by atoms with Crippen LogP contribution in [0.1, 0.15) is 0 Å². The Bertz CT molecular complexity index is 320. The molecule has 0 amide bonds. The van der Waals surface area contributed by atoms with Crippen LogP contribution in [0.25, 0.3) is 0 Å². The molecule has 0 aliphatic heterocycles. The average Bonchev–Trinajstić information content (AvgIpc) is 2.04. The van der Waals surface area contributed by atoms with Gasteiger partial charge in [-0.3, -0.25) is 0 Å². The number of allylic oxidation sites excluding steroid dienone is 2. The second-order valence-corrected chi connectivity index (χ2v) is 3.13. The van der Waals surface area contributed by atoms with Gasteiger partial charge in [-0.1, -0.05) is 18.2 Å². The van der Waals surface area contributed by atoms with E-state index in [0.717, 1.165) is 0 Å². The molecule has 60 valence electrons. The zero-order chi connectivity index (χ0) is 8.27. The SMILES string of the molecule is O=S(=O)=C1C=CC=CC1NCl. The summed E-state index contributed by atoms with van der Waals surface area (Å²) >= 11 is 5.29. The lowest BCUT2D eigenvalue weighted by atomic mass is 10.1. The fraction of sp³-hybridized carbons (Fsp3) is 0.167. The number of hydrogen-bond donors (Lipinski definition) is 1. The van der Waals surface area contributed by atoms with Crippen molar-refractivity contribution in [3.8, 4) is 0 Å². The fourth-order valence-electron chi connectivity index (χ4n) is 0.774. The molecule has 0 aromatic rings. The molecule has 1 atom stereocenters. The Labute approximate surface area is 71.0 Å². The molecule has 5 heteroatoms. The number of halogens is 1. The van der Waals surface area contributed by atoms with E-state index >= 15 is 0 Å². The molecule has 0 aromatic carbocycles. The fourth-order valence-corrected chi connectivity index (χ4v) is 1.56. The third-order valence-corrected chi connectivity index (χ3v) is 2.30. The molecule has 3 nitrogen and oxygen atoms in total. The molecule has 0 spiro atoms. The van der Waals surface area contributed by atoms with Crippen LogP contribution in [-0.2, 0) is 10.3 Å². The van der Waals surface area contributed by atoms with Gasteiger partial charge >= 0.3 is 0 Å². The summed E-state index contributed by atoms with van der Waals surface area (Å²) in [6, 6.07) is -0.403. The van der Waals surface area contributed by atoms with E-state index < -0.39 is 16.3 Å². The minimum atomic E-state index is -2.20. The van der Waals surface area contributed by atoms with Crippen molar-refractivity contribution in [1.29, 1.82) is 0 Å². The summed E-state index contributed by atoms with van der Waals surface area (Å²) in [6.07, 6.45) is 6.55. The first-order valence-electron chi connectivity index (χ1n) is 2.93. The van der Waals surface area contributed by atoms with Gasteiger partial charge < -0.3 is 0 Å². The van der Waals surface area contributed by atoms with Crippen molar-refractivity contribution < 1.29 is 8.42 Å². The van der Waals surface area contributed by atoms with Crippen LogP contribution in [0.15, 0.2) is 24.3 Å². The Hall–Kier alpha value is -0.580. The molecule has 0 heterocycles. The van der Waals surface area contributed by atoms with Gasteiger partial charge in [-0.15, -0.1) is 0 Å². The monoisotopic (exact) mass is 191 g/mol. The van der Waals surface area contributed by atoms with Crippen LogP contribution in [0.2, 0.25) is 0 Å². The van der Waals surface area contributed by atoms with E-state index in [2.05, 4.69) is 4.84 Å². The Morgan fingerprint density at radius 1 is 1.45 bits per heavy atom. The van der Waals surface area contributed by atoms with Crippen molar-refractivity contribution in [3.63, 3.8) is 0 Å². The molecule has 1 aliphatic carbocycles. The maximum Gasteiger partial charge on any atom is 0.219 e. The first-order valence-corrected chi connectivity index (χ1v) is 4.38.